The Morgan fingerprint density at radius 1 is 1.56 bits per heavy atom. The lowest BCUT2D eigenvalue weighted by Gasteiger charge is -2.19. The number of aliphatic hydroxyl groups excluding tert-OH is 1. The van der Waals surface area contributed by atoms with Gasteiger partial charge in [0, 0.05) is 23.8 Å². The summed E-state index contributed by atoms with van der Waals surface area (Å²) in [5, 5.41) is 12.0. The first-order chi connectivity index (χ1) is 8.40. The number of hydrogen-bond acceptors (Lipinski definition) is 2. The minimum absolute atomic E-state index is 0.169. The molecule has 0 bridgehead atoms. The third-order valence-electron chi connectivity index (χ3n) is 2.64. The molecule has 0 saturated carbocycles. The smallest absolute Gasteiger partial charge is 0.321 e. The molecule has 0 heterocycles. The second-order valence-electron chi connectivity index (χ2n) is 4.45. The monoisotopic (exact) mass is 314 g/mol. The quantitative estimate of drug-likeness (QED) is 0.897. The normalized spacial score (nSPS) is 12.1. The van der Waals surface area contributed by atoms with Gasteiger partial charge in [-0.3, -0.25) is 0 Å². The Balaban J connectivity index is 2.55. The zero-order chi connectivity index (χ0) is 13.7. The van der Waals surface area contributed by atoms with E-state index in [0.717, 1.165) is 15.7 Å². The van der Waals surface area contributed by atoms with E-state index in [-0.39, 0.29) is 6.03 Å². The zero-order valence-corrected chi connectivity index (χ0v) is 12.5. The van der Waals surface area contributed by atoms with Gasteiger partial charge in [-0.15, -0.1) is 0 Å². The van der Waals surface area contributed by atoms with Crippen molar-refractivity contribution in [3.63, 3.8) is 0 Å². The first kappa shape index (κ1) is 15.0. The molecule has 0 radical (unpaired) electrons. The van der Waals surface area contributed by atoms with Gasteiger partial charge in [-0.25, -0.2) is 4.79 Å². The number of rotatable bonds is 4. The maximum Gasteiger partial charge on any atom is 0.321 e. The minimum Gasteiger partial charge on any atom is -0.393 e. The first-order valence-electron chi connectivity index (χ1n) is 5.86. The van der Waals surface area contributed by atoms with Gasteiger partial charge in [0.15, 0.2) is 0 Å². The van der Waals surface area contributed by atoms with Crippen molar-refractivity contribution < 1.29 is 9.90 Å². The summed E-state index contributed by atoms with van der Waals surface area (Å²) in [5.74, 6) is 0. The van der Waals surface area contributed by atoms with Crippen LogP contribution in [-0.2, 0) is 0 Å². The molecular formula is C13H19BrN2O2. The molecule has 5 heteroatoms. The third-order valence-corrected chi connectivity index (χ3v) is 3.53. The van der Waals surface area contributed by atoms with Crippen LogP contribution in [0.15, 0.2) is 22.7 Å². The number of halogens is 1. The van der Waals surface area contributed by atoms with E-state index in [1.165, 1.54) is 0 Å². The summed E-state index contributed by atoms with van der Waals surface area (Å²) in [6, 6.07) is 5.49. The average molecular weight is 315 g/mol. The van der Waals surface area contributed by atoms with Crippen molar-refractivity contribution in [2.45, 2.75) is 26.4 Å². The van der Waals surface area contributed by atoms with Gasteiger partial charge in [-0.05, 0) is 44.0 Å². The molecule has 0 aliphatic heterocycles. The number of urea groups is 1. The third kappa shape index (κ3) is 4.66. The Bertz CT molecular complexity index is 421. The molecule has 0 fully saturated rings. The van der Waals surface area contributed by atoms with E-state index in [9.17, 15) is 9.90 Å². The summed E-state index contributed by atoms with van der Waals surface area (Å²) < 4.78 is 1.02. The first-order valence-corrected chi connectivity index (χ1v) is 6.65. The maximum atomic E-state index is 11.8. The largest absolute Gasteiger partial charge is 0.393 e. The van der Waals surface area contributed by atoms with E-state index in [1.807, 2.05) is 25.1 Å². The van der Waals surface area contributed by atoms with Gasteiger partial charge in [0.05, 0.1) is 6.10 Å². The van der Waals surface area contributed by atoms with Gasteiger partial charge in [0.25, 0.3) is 0 Å². The Labute approximate surface area is 116 Å². The number of carbonyl (C=O) groups excluding carboxylic acids is 1. The Kier molecular flexibility index (Phi) is 5.62. The number of hydrogen-bond donors (Lipinski definition) is 2. The topological polar surface area (TPSA) is 52.6 Å². The molecule has 1 aromatic carbocycles. The lowest BCUT2D eigenvalue weighted by Crippen LogP contribution is -2.33. The number of aryl methyl sites for hydroxylation is 1. The molecule has 1 unspecified atom stereocenters. The lowest BCUT2D eigenvalue weighted by atomic mass is 10.2. The molecule has 1 atom stereocenters. The number of nitrogens with one attached hydrogen (secondary N) is 1. The van der Waals surface area contributed by atoms with Gasteiger partial charge < -0.3 is 15.3 Å². The molecule has 100 valence electrons. The van der Waals surface area contributed by atoms with Crippen LogP contribution >= 0.6 is 15.9 Å². The molecule has 0 aliphatic rings. The van der Waals surface area contributed by atoms with Crippen LogP contribution in [0.1, 0.15) is 18.9 Å². The summed E-state index contributed by atoms with van der Waals surface area (Å²) in [6.07, 6.45) is 0.179. The number of amides is 2. The zero-order valence-electron chi connectivity index (χ0n) is 10.9. The second kappa shape index (κ2) is 6.75. The molecule has 0 saturated heterocycles. The van der Waals surface area contributed by atoms with Crippen molar-refractivity contribution in [2.24, 2.45) is 0 Å². The van der Waals surface area contributed by atoms with Crippen LogP contribution < -0.4 is 5.32 Å². The molecule has 2 N–H and O–H groups in total. The van der Waals surface area contributed by atoms with Crippen molar-refractivity contribution in [2.75, 3.05) is 18.9 Å². The Hall–Kier alpha value is -1.07. The highest BCUT2D eigenvalue weighted by Crippen LogP contribution is 2.20. The summed E-state index contributed by atoms with van der Waals surface area (Å²) in [7, 11) is 1.71. The molecule has 4 nitrogen and oxygen atoms in total. The predicted octanol–water partition coefficient (Wildman–Crippen LogP) is 2.99. The number of aliphatic hydroxyl groups is 1. The average Bonchev–Trinajstić information content (AvgIpc) is 2.30. The van der Waals surface area contributed by atoms with E-state index in [1.54, 1.807) is 18.9 Å². The van der Waals surface area contributed by atoms with E-state index in [2.05, 4.69) is 21.2 Å². The van der Waals surface area contributed by atoms with Gasteiger partial charge in [0.1, 0.15) is 0 Å². The van der Waals surface area contributed by atoms with Gasteiger partial charge >= 0.3 is 6.03 Å². The maximum absolute atomic E-state index is 11.8. The fraction of sp³-hybridized carbons (Fsp3) is 0.462. The highest BCUT2D eigenvalue weighted by atomic mass is 79.9. The molecule has 0 spiro atoms. The van der Waals surface area contributed by atoms with Crippen LogP contribution in [0.3, 0.4) is 0 Å². The van der Waals surface area contributed by atoms with Crippen LogP contribution in [0, 0.1) is 6.92 Å². The van der Waals surface area contributed by atoms with Crippen molar-refractivity contribution in [3.8, 4) is 0 Å². The number of carbonyl (C=O) groups is 1. The van der Waals surface area contributed by atoms with Gasteiger partial charge in [-0.1, -0.05) is 15.9 Å². The fourth-order valence-electron chi connectivity index (χ4n) is 1.42. The number of nitrogens with zero attached hydrogens (tertiary/aromatic N) is 1. The van der Waals surface area contributed by atoms with Gasteiger partial charge in [-0.2, -0.15) is 0 Å². The molecule has 1 aromatic rings. The molecule has 2 amide bonds. The van der Waals surface area contributed by atoms with Crippen molar-refractivity contribution >= 4 is 27.6 Å². The van der Waals surface area contributed by atoms with Crippen molar-refractivity contribution in [3.05, 3.63) is 28.2 Å². The Morgan fingerprint density at radius 2 is 2.22 bits per heavy atom. The number of anilines is 1. The van der Waals surface area contributed by atoms with Crippen LogP contribution in [0.25, 0.3) is 0 Å². The van der Waals surface area contributed by atoms with Crippen LogP contribution in [0.2, 0.25) is 0 Å². The lowest BCUT2D eigenvalue weighted by molar-refractivity contribution is 0.167. The summed E-state index contributed by atoms with van der Waals surface area (Å²) in [4.78, 5) is 13.4. The van der Waals surface area contributed by atoms with Crippen LogP contribution in [0.4, 0.5) is 10.5 Å². The summed E-state index contributed by atoms with van der Waals surface area (Å²) in [5.41, 5.74) is 1.84. The molecular weight excluding hydrogens is 296 g/mol. The van der Waals surface area contributed by atoms with E-state index in [0.29, 0.717) is 13.0 Å². The molecule has 0 aliphatic carbocycles. The fourth-order valence-corrected chi connectivity index (χ4v) is 1.67. The van der Waals surface area contributed by atoms with Gasteiger partial charge in [0.2, 0.25) is 0 Å². The standard InChI is InChI=1S/C13H19BrN2O2/c1-9-8-11(4-5-12(9)14)15-13(18)16(3)7-6-10(2)17/h4-5,8,10,17H,6-7H2,1-3H3,(H,15,18). The Morgan fingerprint density at radius 3 is 2.78 bits per heavy atom. The summed E-state index contributed by atoms with van der Waals surface area (Å²) >= 11 is 3.41. The van der Waals surface area contributed by atoms with E-state index < -0.39 is 6.10 Å². The predicted molar refractivity (Wildman–Crippen MR) is 76.8 cm³/mol. The highest BCUT2D eigenvalue weighted by Gasteiger charge is 2.10. The SMILES string of the molecule is Cc1cc(NC(=O)N(C)CCC(C)O)ccc1Br. The van der Waals surface area contributed by atoms with Crippen molar-refractivity contribution in [1.82, 2.24) is 4.90 Å². The van der Waals surface area contributed by atoms with Crippen molar-refractivity contribution in [1.29, 1.82) is 0 Å². The molecule has 18 heavy (non-hydrogen) atoms. The minimum atomic E-state index is -0.393. The van der Waals surface area contributed by atoms with Crippen LogP contribution in [0.5, 0.6) is 0 Å². The van der Waals surface area contributed by atoms with E-state index >= 15 is 0 Å². The summed E-state index contributed by atoms with van der Waals surface area (Å²) in [6.45, 7) is 4.21. The van der Waals surface area contributed by atoms with Crippen LogP contribution in [-0.4, -0.2) is 35.7 Å². The molecule has 1 rings (SSSR count). The van der Waals surface area contributed by atoms with E-state index in [4.69, 9.17) is 0 Å². The second-order valence-corrected chi connectivity index (χ2v) is 5.31. The highest BCUT2D eigenvalue weighted by molar-refractivity contribution is 9.10. The number of benzene rings is 1. The molecule has 0 aromatic heterocycles.